The quantitative estimate of drug-likeness (QED) is 0.776. The first kappa shape index (κ1) is 10.1. The lowest BCUT2D eigenvalue weighted by molar-refractivity contribution is 0.442. The van der Waals surface area contributed by atoms with Crippen LogP contribution in [-0.4, -0.2) is 0 Å². The molecule has 2 rings (SSSR count). The van der Waals surface area contributed by atoms with Gasteiger partial charge in [0.15, 0.2) is 0 Å². The molecule has 0 heterocycles. The molecule has 2 nitrogen and oxygen atoms in total. The number of nitrogen functional groups attached to an aromatic ring is 1. The zero-order valence-electron chi connectivity index (χ0n) is 8.11. The molecule has 0 saturated carbocycles. The molecule has 0 spiro atoms. The third-order valence-electron chi connectivity index (χ3n) is 2.02. The van der Waals surface area contributed by atoms with E-state index in [9.17, 15) is 0 Å². The van der Waals surface area contributed by atoms with Crippen molar-refractivity contribution in [1.82, 2.24) is 0 Å². The van der Waals surface area contributed by atoms with E-state index in [0.29, 0.717) is 16.5 Å². The molecule has 0 atom stereocenters. The molecule has 0 aliphatic heterocycles. The van der Waals surface area contributed by atoms with E-state index in [-0.39, 0.29) is 0 Å². The number of benzene rings is 1. The van der Waals surface area contributed by atoms with Crippen molar-refractivity contribution in [2.24, 2.45) is 0 Å². The van der Waals surface area contributed by atoms with E-state index in [1.807, 2.05) is 24.6 Å². The van der Waals surface area contributed by atoms with Gasteiger partial charge >= 0.3 is 0 Å². The molecule has 1 aliphatic carbocycles. The number of ether oxygens (including phenoxy) is 1. The third-order valence-corrected chi connectivity index (χ3v) is 2.32. The van der Waals surface area contributed by atoms with Gasteiger partial charge in [-0.25, -0.2) is 0 Å². The predicted molar refractivity (Wildman–Crippen MR) is 62.6 cm³/mol. The van der Waals surface area contributed by atoms with Crippen LogP contribution in [0.15, 0.2) is 42.2 Å². The zero-order chi connectivity index (χ0) is 10.7. The van der Waals surface area contributed by atoms with Gasteiger partial charge in [0.2, 0.25) is 0 Å². The van der Waals surface area contributed by atoms with Gasteiger partial charge in [-0.05, 0) is 43.2 Å². The van der Waals surface area contributed by atoms with E-state index >= 15 is 0 Å². The van der Waals surface area contributed by atoms with Crippen molar-refractivity contribution in [3.8, 4) is 5.75 Å². The molecule has 77 valence electrons. The van der Waals surface area contributed by atoms with Gasteiger partial charge in [0.05, 0.1) is 5.02 Å². The molecule has 1 radical (unpaired) electrons. The van der Waals surface area contributed by atoms with Crippen molar-refractivity contribution >= 4 is 17.3 Å². The highest BCUT2D eigenvalue weighted by atomic mass is 35.5. The second kappa shape index (κ2) is 4.41. The summed E-state index contributed by atoms with van der Waals surface area (Å²) in [6, 6.07) is 5.20. The Balaban J connectivity index is 2.17. The highest BCUT2D eigenvalue weighted by Gasteiger charge is 2.05. The molecule has 0 unspecified atom stereocenters. The van der Waals surface area contributed by atoms with Crippen molar-refractivity contribution < 1.29 is 4.74 Å². The topological polar surface area (TPSA) is 35.2 Å². The standard InChI is InChI=1S/C12H11ClNO/c13-11-8-9(14)6-7-12(11)15-10-4-2-1-3-5-10/h2-8H,1,14H2. The van der Waals surface area contributed by atoms with Gasteiger partial charge < -0.3 is 10.5 Å². The van der Waals surface area contributed by atoms with Gasteiger partial charge in [0.25, 0.3) is 0 Å². The molecule has 1 aliphatic rings. The summed E-state index contributed by atoms with van der Waals surface area (Å²) in [6.07, 6.45) is 8.85. The smallest absolute Gasteiger partial charge is 0.146 e. The number of nitrogens with two attached hydrogens (primary N) is 1. The summed E-state index contributed by atoms with van der Waals surface area (Å²) in [5.74, 6) is 1.41. The number of rotatable bonds is 2. The average molecular weight is 221 g/mol. The molecule has 1 aromatic rings. The molecule has 15 heavy (non-hydrogen) atoms. The largest absolute Gasteiger partial charge is 0.456 e. The third kappa shape index (κ3) is 2.54. The maximum absolute atomic E-state index is 5.98. The normalized spacial score (nSPS) is 14.9. The van der Waals surface area contributed by atoms with E-state index in [1.165, 1.54) is 0 Å². The van der Waals surface area contributed by atoms with Crippen LogP contribution in [0.5, 0.6) is 5.75 Å². The van der Waals surface area contributed by atoms with Crippen molar-refractivity contribution in [3.63, 3.8) is 0 Å². The number of halogens is 1. The lowest BCUT2D eigenvalue weighted by atomic mass is 10.2. The molecule has 0 fully saturated rings. The summed E-state index contributed by atoms with van der Waals surface area (Å²) < 4.78 is 5.60. The summed E-state index contributed by atoms with van der Waals surface area (Å²) in [7, 11) is 0. The first-order valence-corrected chi connectivity index (χ1v) is 5.06. The Hall–Kier alpha value is -1.41. The molecule has 0 bridgehead atoms. The first-order chi connectivity index (χ1) is 7.25. The predicted octanol–water partition coefficient (Wildman–Crippen LogP) is 3.35. The summed E-state index contributed by atoms with van der Waals surface area (Å²) in [6.45, 7) is 0. The van der Waals surface area contributed by atoms with Crippen LogP contribution in [0, 0.1) is 6.42 Å². The molecule has 0 aromatic heterocycles. The van der Waals surface area contributed by atoms with Gasteiger partial charge in [-0.2, -0.15) is 0 Å². The molecule has 2 N–H and O–H groups in total. The summed E-state index contributed by atoms with van der Waals surface area (Å²) in [5.41, 5.74) is 6.22. The van der Waals surface area contributed by atoms with Crippen LogP contribution in [0.4, 0.5) is 5.69 Å². The highest BCUT2D eigenvalue weighted by molar-refractivity contribution is 6.32. The maximum atomic E-state index is 5.98. The number of hydrogen-bond donors (Lipinski definition) is 1. The molecular weight excluding hydrogens is 210 g/mol. The van der Waals surface area contributed by atoms with Crippen LogP contribution in [-0.2, 0) is 0 Å². The van der Waals surface area contributed by atoms with Crippen LogP contribution in [0.25, 0.3) is 0 Å². The molecule has 0 amide bonds. The van der Waals surface area contributed by atoms with Gasteiger partial charge in [-0.15, -0.1) is 0 Å². The van der Waals surface area contributed by atoms with Gasteiger partial charge in [0.1, 0.15) is 11.5 Å². The molecular formula is C12H11ClNO. The van der Waals surface area contributed by atoms with Crippen LogP contribution in [0.2, 0.25) is 5.02 Å². The van der Waals surface area contributed by atoms with Crippen molar-refractivity contribution in [2.45, 2.75) is 6.42 Å². The van der Waals surface area contributed by atoms with E-state index in [2.05, 4.69) is 0 Å². The van der Waals surface area contributed by atoms with Gasteiger partial charge in [0, 0.05) is 5.69 Å². The second-order valence-corrected chi connectivity index (χ2v) is 3.64. The lowest BCUT2D eigenvalue weighted by Gasteiger charge is -2.10. The van der Waals surface area contributed by atoms with Crippen LogP contribution >= 0.6 is 11.6 Å². The minimum atomic E-state index is 0.523. The van der Waals surface area contributed by atoms with Gasteiger partial charge in [-0.3, -0.25) is 0 Å². The summed E-state index contributed by atoms with van der Waals surface area (Å²) in [4.78, 5) is 0. The average Bonchev–Trinajstić information content (AvgIpc) is 2.24. The monoisotopic (exact) mass is 220 g/mol. The van der Waals surface area contributed by atoms with Crippen molar-refractivity contribution in [3.05, 3.63) is 53.6 Å². The second-order valence-electron chi connectivity index (χ2n) is 3.23. The van der Waals surface area contributed by atoms with Crippen LogP contribution in [0.3, 0.4) is 0 Å². The number of anilines is 1. The number of hydrogen-bond acceptors (Lipinski definition) is 2. The zero-order valence-corrected chi connectivity index (χ0v) is 8.87. The molecule has 1 aromatic carbocycles. The Labute approximate surface area is 94.0 Å². The Morgan fingerprint density at radius 1 is 1.33 bits per heavy atom. The first-order valence-electron chi connectivity index (χ1n) is 4.68. The van der Waals surface area contributed by atoms with E-state index in [1.54, 1.807) is 18.2 Å². The maximum Gasteiger partial charge on any atom is 0.146 e. The fourth-order valence-corrected chi connectivity index (χ4v) is 1.52. The van der Waals surface area contributed by atoms with E-state index in [4.69, 9.17) is 22.1 Å². The Morgan fingerprint density at radius 2 is 2.20 bits per heavy atom. The lowest BCUT2D eigenvalue weighted by Crippen LogP contribution is -1.96. The van der Waals surface area contributed by atoms with Crippen LogP contribution < -0.4 is 10.5 Å². The summed E-state index contributed by atoms with van der Waals surface area (Å²) >= 11 is 5.98. The SMILES string of the molecule is Nc1ccc(OC2=C[CH]CC=C2)c(Cl)c1. The van der Waals surface area contributed by atoms with E-state index in [0.717, 1.165) is 12.2 Å². The van der Waals surface area contributed by atoms with Crippen molar-refractivity contribution in [2.75, 3.05) is 5.73 Å². The van der Waals surface area contributed by atoms with Gasteiger partial charge in [-0.1, -0.05) is 17.7 Å². The minimum absolute atomic E-state index is 0.523. The summed E-state index contributed by atoms with van der Waals surface area (Å²) in [5, 5.41) is 0.523. The molecule has 0 saturated heterocycles. The van der Waals surface area contributed by atoms with Crippen molar-refractivity contribution in [1.29, 1.82) is 0 Å². The fourth-order valence-electron chi connectivity index (χ4n) is 1.30. The minimum Gasteiger partial charge on any atom is -0.456 e. The number of allylic oxidation sites excluding steroid dienone is 3. The Kier molecular flexibility index (Phi) is 2.97. The van der Waals surface area contributed by atoms with E-state index < -0.39 is 0 Å². The van der Waals surface area contributed by atoms with Crippen LogP contribution in [0.1, 0.15) is 6.42 Å². The molecule has 3 heteroatoms. The Morgan fingerprint density at radius 3 is 2.87 bits per heavy atom. The highest BCUT2D eigenvalue weighted by Crippen LogP contribution is 2.28. The Bertz CT molecular complexity index is 424. The fraction of sp³-hybridized carbons (Fsp3) is 0.0833.